The van der Waals surface area contributed by atoms with Gasteiger partial charge in [0.25, 0.3) is 5.91 Å². The number of likely N-dealkylation sites (tertiary alicyclic amines) is 1. The van der Waals surface area contributed by atoms with Gasteiger partial charge < -0.3 is 9.64 Å². The van der Waals surface area contributed by atoms with Crippen LogP contribution in [0.1, 0.15) is 36.5 Å². The highest BCUT2D eigenvalue weighted by Crippen LogP contribution is 2.20. The number of hydrogen-bond donors (Lipinski definition) is 1. The third kappa shape index (κ3) is 5.86. The lowest BCUT2D eigenvalue weighted by molar-refractivity contribution is 0.0787. The predicted octanol–water partition coefficient (Wildman–Crippen LogP) is 2.39. The Morgan fingerprint density at radius 1 is 1.40 bits per heavy atom. The molecule has 7 heteroatoms. The first-order valence-electron chi connectivity index (χ1n) is 8.59. The molecule has 0 bridgehead atoms. The normalized spacial score (nSPS) is 17.5. The summed E-state index contributed by atoms with van der Waals surface area (Å²) in [5.41, 5.74) is 0.621. The molecule has 1 fully saturated rings. The van der Waals surface area contributed by atoms with Gasteiger partial charge in [0.2, 0.25) is 10.0 Å². The monoisotopic (exact) mass is 366 g/mol. The van der Waals surface area contributed by atoms with Crippen LogP contribution in [0.3, 0.4) is 0 Å². The lowest BCUT2D eigenvalue weighted by atomic mass is 10.1. The van der Waals surface area contributed by atoms with E-state index in [9.17, 15) is 13.2 Å². The van der Waals surface area contributed by atoms with Crippen molar-refractivity contribution in [2.24, 2.45) is 5.92 Å². The molecule has 1 aromatic carbocycles. The number of nitrogens with one attached hydrogen (secondary N) is 1. The number of unbranched alkanes of at least 4 members (excludes halogenated alkanes) is 1. The number of carbonyl (C=O) groups is 1. The summed E-state index contributed by atoms with van der Waals surface area (Å²) >= 11 is 0. The molecule has 1 heterocycles. The van der Waals surface area contributed by atoms with Crippen molar-refractivity contribution in [1.29, 1.82) is 0 Å². The summed E-state index contributed by atoms with van der Waals surface area (Å²) in [6, 6.07) is 7.18. The van der Waals surface area contributed by atoms with Crippen molar-refractivity contribution in [2.75, 3.05) is 26.2 Å². The van der Waals surface area contributed by atoms with E-state index in [0.29, 0.717) is 31.8 Å². The van der Waals surface area contributed by atoms with Crippen LogP contribution in [0.25, 0.3) is 0 Å². The van der Waals surface area contributed by atoms with E-state index in [1.807, 2.05) is 12.1 Å². The van der Waals surface area contributed by atoms with Crippen LogP contribution in [0.5, 0.6) is 5.75 Å². The van der Waals surface area contributed by atoms with E-state index in [2.05, 4.69) is 18.2 Å². The number of benzene rings is 1. The largest absolute Gasteiger partial charge is 0.494 e. The number of amides is 1. The van der Waals surface area contributed by atoms with Gasteiger partial charge in [0.15, 0.2) is 0 Å². The minimum Gasteiger partial charge on any atom is -0.494 e. The van der Waals surface area contributed by atoms with E-state index >= 15 is 0 Å². The van der Waals surface area contributed by atoms with Crippen molar-refractivity contribution < 1.29 is 17.9 Å². The van der Waals surface area contributed by atoms with Crippen molar-refractivity contribution in [1.82, 2.24) is 9.62 Å². The predicted molar refractivity (Wildman–Crippen MR) is 98.0 cm³/mol. The number of carbonyl (C=O) groups excluding carboxylic acids is 1. The van der Waals surface area contributed by atoms with Crippen LogP contribution >= 0.6 is 0 Å². The van der Waals surface area contributed by atoms with Crippen LogP contribution in [0.15, 0.2) is 36.3 Å². The highest BCUT2D eigenvalue weighted by Gasteiger charge is 2.27. The Balaban J connectivity index is 1.85. The van der Waals surface area contributed by atoms with Crippen LogP contribution < -0.4 is 9.46 Å². The third-order valence-corrected chi connectivity index (χ3v) is 5.24. The second kappa shape index (κ2) is 9.01. The number of ether oxygens (including phenoxy) is 1. The van der Waals surface area contributed by atoms with E-state index in [1.165, 1.54) is 0 Å². The molecule has 1 aromatic rings. The second-order valence-corrected chi connectivity index (χ2v) is 7.90. The lowest BCUT2D eigenvalue weighted by Crippen LogP contribution is -2.32. The Kier molecular flexibility index (Phi) is 7.01. The van der Waals surface area contributed by atoms with Gasteiger partial charge in [-0.05, 0) is 43.0 Å². The van der Waals surface area contributed by atoms with Gasteiger partial charge in [0.05, 0.1) is 6.61 Å². The van der Waals surface area contributed by atoms with Gasteiger partial charge >= 0.3 is 0 Å². The second-order valence-electron chi connectivity index (χ2n) is 6.19. The van der Waals surface area contributed by atoms with Crippen molar-refractivity contribution in [2.45, 2.75) is 26.2 Å². The van der Waals surface area contributed by atoms with Crippen molar-refractivity contribution in [3.8, 4) is 5.75 Å². The van der Waals surface area contributed by atoms with Gasteiger partial charge in [-0.3, -0.25) is 4.79 Å². The molecule has 25 heavy (non-hydrogen) atoms. The zero-order chi connectivity index (χ0) is 18.3. The first-order valence-corrected chi connectivity index (χ1v) is 10.1. The first-order chi connectivity index (χ1) is 11.9. The summed E-state index contributed by atoms with van der Waals surface area (Å²) < 4.78 is 30.9. The molecule has 1 saturated heterocycles. The highest BCUT2D eigenvalue weighted by molar-refractivity contribution is 7.92. The maximum atomic E-state index is 12.6. The Labute approximate surface area is 149 Å². The van der Waals surface area contributed by atoms with Gasteiger partial charge in [-0.2, -0.15) is 0 Å². The van der Waals surface area contributed by atoms with Crippen molar-refractivity contribution >= 4 is 15.9 Å². The van der Waals surface area contributed by atoms with Gasteiger partial charge in [-0.25, -0.2) is 13.1 Å². The molecular formula is C18H26N2O4S. The average molecular weight is 366 g/mol. The highest BCUT2D eigenvalue weighted by atomic mass is 32.2. The van der Waals surface area contributed by atoms with E-state index < -0.39 is 10.0 Å². The van der Waals surface area contributed by atoms with Crippen LogP contribution in [-0.4, -0.2) is 45.5 Å². The molecule has 2 rings (SSSR count). The molecule has 0 spiro atoms. The summed E-state index contributed by atoms with van der Waals surface area (Å²) in [5, 5.41) is 0.898. The molecule has 0 aromatic heterocycles. The molecule has 0 aliphatic carbocycles. The molecule has 1 amide bonds. The quantitative estimate of drug-likeness (QED) is 0.681. The maximum absolute atomic E-state index is 12.6. The summed E-state index contributed by atoms with van der Waals surface area (Å²) in [4.78, 5) is 14.3. The number of rotatable bonds is 9. The fraction of sp³-hybridized carbons (Fsp3) is 0.500. The molecular weight excluding hydrogens is 340 g/mol. The van der Waals surface area contributed by atoms with Gasteiger partial charge in [-0.1, -0.05) is 19.9 Å². The zero-order valence-electron chi connectivity index (χ0n) is 14.6. The lowest BCUT2D eigenvalue weighted by Gasteiger charge is -2.17. The maximum Gasteiger partial charge on any atom is 0.253 e. The summed E-state index contributed by atoms with van der Waals surface area (Å²) in [6.07, 6.45) is 2.87. The SMILES string of the molecule is C=CS(=O)(=O)NCC1CCN(C(=O)c2ccc(OCCCC)cc2)C1. The average Bonchev–Trinajstić information content (AvgIpc) is 3.09. The van der Waals surface area contributed by atoms with Crippen LogP contribution in [0.4, 0.5) is 0 Å². The molecule has 0 radical (unpaired) electrons. The minimum absolute atomic E-state index is 0.0332. The summed E-state index contributed by atoms with van der Waals surface area (Å²) in [5.74, 6) is 0.854. The topological polar surface area (TPSA) is 75.7 Å². The Hall–Kier alpha value is -1.86. The zero-order valence-corrected chi connectivity index (χ0v) is 15.4. The fourth-order valence-corrected chi connectivity index (χ4v) is 3.27. The number of sulfonamides is 1. The molecule has 0 saturated carbocycles. The molecule has 1 N–H and O–H groups in total. The van der Waals surface area contributed by atoms with Crippen molar-refractivity contribution in [3.05, 3.63) is 41.8 Å². The third-order valence-electron chi connectivity index (χ3n) is 4.23. The smallest absolute Gasteiger partial charge is 0.253 e. The molecule has 1 atom stereocenters. The first kappa shape index (κ1) is 19.5. The van der Waals surface area contributed by atoms with Crippen LogP contribution in [0.2, 0.25) is 0 Å². The summed E-state index contributed by atoms with van der Waals surface area (Å²) in [6.45, 7) is 7.56. The fourth-order valence-electron chi connectivity index (χ4n) is 2.69. The van der Waals surface area contributed by atoms with E-state index in [1.54, 1.807) is 17.0 Å². The standard InChI is InChI=1S/C18H26N2O4S/c1-3-5-12-24-17-8-6-16(7-9-17)18(21)20-11-10-15(14-20)13-19-25(22,23)4-2/h4,6-9,15,19H,2-3,5,10-14H2,1H3. The van der Waals surface area contributed by atoms with Gasteiger partial charge in [-0.15, -0.1) is 0 Å². The molecule has 6 nitrogen and oxygen atoms in total. The minimum atomic E-state index is -3.41. The van der Waals surface area contributed by atoms with Crippen molar-refractivity contribution in [3.63, 3.8) is 0 Å². The van der Waals surface area contributed by atoms with Crippen LogP contribution in [-0.2, 0) is 10.0 Å². The molecule has 1 aliphatic rings. The Bertz CT molecular complexity index is 686. The summed E-state index contributed by atoms with van der Waals surface area (Å²) in [7, 11) is -3.41. The number of hydrogen-bond acceptors (Lipinski definition) is 4. The molecule has 1 unspecified atom stereocenters. The number of nitrogens with zero attached hydrogens (tertiary/aromatic N) is 1. The van der Waals surface area contributed by atoms with Gasteiger partial charge in [0, 0.05) is 30.6 Å². The van der Waals surface area contributed by atoms with E-state index in [4.69, 9.17) is 4.74 Å². The Morgan fingerprint density at radius 2 is 2.12 bits per heavy atom. The van der Waals surface area contributed by atoms with Gasteiger partial charge in [0.1, 0.15) is 5.75 Å². The molecule has 1 aliphatic heterocycles. The van der Waals surface area contributed by atoms with Crippen LogP contribution in [0, 0.1) is 5.92 Å². The molecule has 138 valence electrons. The van der Waals surface area contributed by atoms with E-state index in [-0.39, 0.29) is 11.8 Å². The van der Waals surface area contributed by atoms with E-state index in [0.717, 1.165) is 30.4 Å². The Morgan fingerprint density at radius 3 is 2.76 bits per heavy atom.